The first-order chi connectivity index (χ1) is 16.6. The van der Waals surface area contributed by atoms with Crippen molar-refractivity contribution in [1.82, 2.24) is 0 Å². The first-order valence-corrected chi connectivity index (χ1v) is 17.0. The fourth-order valence-corrected chi connectivity index (χ4v) is 5.87. The number of benzene rings is 1. The molecule has 0 radical (unpaired) electrons. The summed E-state index contributed by atoms with van der Waals surface area (Å²) in [5.74, 6) is 2.20. The standard InChI is InChI=1S/C32H54O3Si/c1-23(15-12-16-24(2)18-14-22-33)17-13-20-32(9)21-19-28-27(5)29(25(3)26(4)30(28)34-32)35-36(10,11)31(6,7)8/h16-17,33H,12-15,18-22H2,1-11H3/b23-17+,24-16+. The Morgan fingerprint density at radius 2 is 1.61 bits per heavy atom. The summed E-state index contributed by atoms with van der Waals surface area (Å²) >= 11 is 0. The summed E-state index contributed by atoms with van der Waals surface area (Å²) in [6.45, 7) is 25.2. The lowest BCUT2D eigenvalue weighted by Crippen LogP contribution is -2.44. The Balaban J connectivity index is 2.09. The Labute approximate surface area is 223 Å². The Morgan fingerprint density at radius 1 is 1.00 bits per heavy atom. The highest BCUT2D eigenvalue weighted by Gasteiger charge is 2.41. The average Bonchev–Trinajstić information content (AvgIpc) is 2.78. The van der Waals surface area contributed by atoms with Gasteiger partial charge in [0.15, 0.2) is 0 Å². The van der Waals surface area contributed by atoms with Gasteiger partial charge in [0, 0.05) is 12.2 Å². The molecule has 0 amide bonds. The van der Waals surface area contributed by atoms with Gasteiger partial charge in [-0.25, -0.2) is 0 Å². The molecule has 1 aliphatic heterocycles. The van der Waals surface area contributed by atoms with Crippen LogP contribution in [-0.4, -0.2) is 25.6 Å². The van der Waals surface area contributed by atoms with E-state index in [0.717, 1.165) is 62.9 Å². The largest absolute Gasteiger partial charge is 0.543 e. The van der Waals surface area contributed by atoms with E-state index in [4.69, 9.17) is 14.3 Å². The number of fused-ring (bicyclic) bond motifs is 1. The van der Waals surface area contributed by atoms with Crippen LogP contribution in [0, 0.1) is 20.8 Å². The molecule has 1 aromatic rings. The molecule has 0 aliphatic carbocycles. The predicted molar refractivity (Wildman–Crippen MR) is 158 cm³/mol. The lowest BCUT2D eigenvalue weighted by molar-refractivity contribution is 0.0559. The van der Waals surface area contributed by atoms with E-state index in [0.29, 0.717) is 0 Å². The van der Waals surface area contributed by atoms with Crippen LogP contribution < -0.4 is 9.16 Å². The molecule has 0 saturated heterocycles. The number of aliphatic hydroxyl groups is 1. The lowest BCUT2D eigenvalue weighted by atomic mass is 9.85. The SMILES string of the molecule is C/C(=C\CCC1(C)CCc2c(C)c(O[Si](C)(C)C(C)(C)C)c(C)c(C)c2O1)CC/C=C(\C)CCCO. The van der Waals surface area contributed by atoms with Gasteiger partial charge in [-0.15, -0.1) is 0 Å². The van der Waals surface area contributed by atoms with E-state index in [9.17, 15) is 0 Å². The second-order valence-corrected chi connectivity index (χ2v) is 17.7. The summed E-state index contributed by atoms with van der Waals surface area (Å²) in [6.07, 6.45) is 13.0. The molecular weight excluding hydrogens is 460 g/mol. The highest BCUT2D eigenvalue weighted by Crippen LogP contribution is 2.47. The average molecular weight is 515 g/mol. The first-order valence-electron chi connectivity index (χ1n) is 14.0. The van der Waals surface area contributed by atoms with E-state index in [2.05, 4.69) is 87.6 Å². The molecule has 0 aromatic heterocycles. The fraction of sp³-hybridized carbons (Fsp3) is 0.688. The van der Waals surface area contributed by atoms with Crippen LogP contribution in [-0.2, 0) is 6.42 Å². The van der Waals surface area contributed by atoms with Crippen molar-refractivity contribution in [3.63, 3.8) is 0 Å². The molecule has 36 heavy (non-hydrogen) atoms. The maximum absolute atomic E-state index is 8.98. The third-order valence-electron chi connectivity index (χ3n) is 8.65. The van der Waals surface area contributed by atoms with Crippen LogP contribution in [0.25, 0.3) is 0 Å². The summed E-state index contributed by atoms with van der Waals surface area (Å²) in [6, 6.07) is 0. The highest BCUT2D eigenvalue weighted by atomic mass is 28.4. The number of ether oxygens (including phenoxy) is 1. The first kappa shape index (κ1) is 30.7. The normalized spacial score (nSPS) is 19.2. The molecule has 0 bridgehead atoms. The zero-order valence-electron chi connectivity index (χ0n) is 25.3. The van der Waals surface area contributed by atoms with Crippen LogP contribution in [0.1, 0.15) is 109 Å². The van der Waals surface area contributed by atoms with E-state index in [-0.39, 0.29) is 17.2 Å². The van der Waals surface area contributed by atoms with Gasteiger partial charge in [0.25, 0.3) is 8.32 Å². The monoisotopic (exact) mass is 514 g/mol. The highest BCUT2D eigenvalue weighted by molar-refractivity contribution is 6.74. The molecular formula is C32H54O3Si. The summed E-state index contributed by atoms with van der Waals surface area (Å²) in [5, 5.41) is 9.15. The van der Waals surface area contributed by atoms with Crippen molar-refractivity contribution in [1.29, 1.82) is 0 Å². The lowest BCUT2D eigenvalue weighted by Gasteiger charge is -2.41. The van der Waals surface area contributed by atoms with Crippen LogP contribution in [0.3, 0.4) is 0 Å². The molecule has 1 N–H and O–H groups in total. The zero-order valence-corrected chi connectivity index (χ0v) is 26.3. The molecule has 1 heterocycles. The van der Waals surface area contributed by atoms with Crippen LogP contribution in [0.5, 0.6) is 11.5 Å². The third kappa shape index (κ3) is 7.74. The summed E-state index contributed by atoms with van der Waals surface area (Å²) in [4.78, 5) is 0. The van der Waals surface area contributed by atoms with E-state index >= 15 is 0 Å². The maximum Gasteiger partial charge on any atom is 0.250 e. The Morgan fingerprint density at radius 3 is 2.22 bits per heavy atom. The van der Waals surface area contributed by atoms with Gasteiger partial charge < -0.3 is 14.3 Å². The molecule has 1 unspecified atom stereocenters. The molecule has 0 saturated carbocycles. The summed E-state index contributed by atoms with van der Waals surface area (Å²) in [7, 11) is -1.92. The van der Waals surface area contributed by atoms with Crippen LogP contribution in [0.4, 0.5) is 0 Å². The Kier molecular flexibility index (Phi) is 10.5. The number of hydrogen-bond acceptors (Lipinski definition) is 3. The van der Waals surface area contributed by atoms with Gasteiger partial charge in [-0.05, 0) is 128 Å². The minimum absolute atomic E-state index is 0.129. The van der Waals surface area contributed by atoms with E-state index in [1.54, 1.807) is 0 Å². The van der Waals surface area contributed by atoms with Crippen LogP contribution >= 0.6 is 0 Å². The number of aliphatic hydroxyl groups excluding tert-OH is 1. The second kappa shape index (κ2) is 12.3. The van der Waals surface area contributed by atoms with Crippen molar-refractivity contribution in [3.8, 4) is 11.5 Å². The molecule has 204 valence electrons. The Bertz CT molecular complexity index is 965. The van der Waals surface area contributed by atoms with Crippen LogP contribution in [0.15, 0.2) is 23.3 Å². The second-order valence-electron chi connectivity index (χ2n) is 12.9. The molecule has 3 nitrogen and oxygen atoms in total. The van der Waals surface area contributed by atoms with Gasteiger partial charge in [-0.1, -0.05) is 44.1 Å². The molecule has 1 aliphatic rings. The molecule has 0 fully saturated rings. The van der Waals surface area contributed by atoms with Gasteiger partial charge in [-0.3, -0.25) is 0 Å². The van der Waals surface area contributed by atoms with Gasteiger partial charge in [-0.2, -0.15) is 0 Å². The topological polar surface area (TPSA) is 38.7 Å². The molecule has 0 spiro atoms. The number of hydrogen-bond donors (Lipinski definition) is 1. The fourth-order valence-electron chi connectivity index (χ4n) is 4.75. The molecule has 1 aromatic carbocycles. The van der Waals surface area contributed by atoms with Crippen molar-refractivity contribution in [2.24, 2.45) is 0 Å². The minimum Gasteiger partial charge on any atom is -0.543 e. The van der Waals surface area contributed by atoms with Gasteiger partial charge in [0.2, 0.25) is 0 Å². The van der Waals surface area contributed by atoms with Crippen molar-refractivity contribution < 1.29 is 14.3 Å². The predicted octanol–water partition coefficient (Wildman–Crippen LogP) is 9.31. The number of rotatable bonds is 11. The summed E-state index contributed by atoms with van der Waals surface area (Å²) in [5.41, 5.74) is 7.81. The summed E-state index contributed by atoms with van der Waals surface area (Å²) < 4.78 is 13.6. The minimum atomic E-state index is -1.92. The molecule has 2 rings (SSSR count). The zero-order chi connectivity index (χ0) is 27.3. The van der Waals surface area contributed by atoms with Crippen molar-refractivity contribution in [3.05, 3.63) is 45.6 Å². The van der Waals surface area contributed by atoms with Crippen molar-refractivity contribution in [2.45, 2.75) is 137 Å². The smallest absolute Gasteiger partial charge is 0.250 e. The molecule has 1 atom stereocenters. The van der Waals surface area contributed by atoms with Crippen LogP contribution in [0.2, 0.25) is 18.1 Å². The third-order valence-corrected chi connectivity index (χ3v) is 13.0. The van der Waals surface area contributed by atoms with E-state index in [1.807, 2.05) is 0 Å². The van der Waals surface area contributed by atoms with E-state index in [1.165, 1.54) is 33.4 Å². The van der Waals surface area contributed by atoms with E-state index < -0.39 is 8.32 Å². The quantitative estimate of drug-likeness (QED) is 0.236. The van der Waals surface area contributed by atoms with Crippen molar-refractivity contribution in [2.75, 3.05) is 6.61 Å². The van der Waals surface area contributed by atoms with Gasteiger partial charge in [0.1, 0.15) is 17.1 Å². The molecule has 4 heteroatoms. The van der Waals surface area contributed by atoms with Gasteiger partial charge in [0.05, 0.1) is 0 Å². The van der Waals surface area contributed by atoms with Gasteiger partial charge >= 0.3 is 0 Å². The van der Waals surface area contributed by atoms with Crippen molar-refractivity contribution >= 4 is 8.32 Å². The maximum atomic E-state index is 8.98. The Hall–Kier alpha value is -1.52. The number of allylic oxidation sites excluding steroid dienone is 4.